The average molecular weight is 311 g/mol. The van der Waals surface area contributed by atoms with Crippen molar-refractivity contribution in [1.82, 2.24) is 0 Å². The van der Waals surface area contributed by atoms with Gasteiger partial charge < -0.3 is 9.47 Å². The minimum atomic E-state index is -0.511. The van der Waals surface area contributed by atoms with Crippen LogP contribution >= 0.6 is 15.9 Å². The van der Waals surface area contributed by atoms with Crippen LogP contribution in [0, 0.1) is 0 Å². The third-order valence-corrected chi connectivity index (χ3v) is 3.14. The van der Waals surface area contributed by atoms with Gasteiger partial charge in [-0.05, 0) is 12.1 Å². The van der Waals surface area contributed by atoms with Gasteiger partial charge in [0.15, 0.2) is 6.10 Å². The first-order chi connectivity index (χ1) is 8.58. The molecule has 0 saturated carbocycles. The number of hydrogen-bond donors (Lipinski definition) is 0. The number of carbonyl (C=O) groups excluding carboxylic acids is 2. The van der Waals surface area contributed by atoms with E-state index in [1.165, 1.54) is 6.92 Å². The van der Waals surface area contributed by atoms with Crippen molar-refractivity contribution in [3.8, 4) is 0 Å². The molecule has 0 amide bonds. The quantitative estimate of drug-likeness (QED) is 0.804. The highest BCUT2D eigenvalue weighted by molar-refractivity contribution is 9.10. The van der Waals surface area contributed by atoms with Crippen LogP contribution < -0.4 is 0 Å². The van der Waals surface area contributed by atoms with Crippen LogP contribution in [0.2, 0.25) is 0 Å². The van der Waals surface area contributed by atoms with Gasteiger partial charge in [-0.15, -0.1) is 0 Å². The van der Waals surface area contributed by atoms with E-state index < -0.39 is 18.0 Å². The van der Waals surface area contributed by atoms with Gasteiger partial charge in [-0.2, -0.15) is 0 Å². The van der Waals surface area contributed by atoms with Crippen molar-refractivity contribution in [2.45, 2.75) is 13.0 Å². The first-order valence-corrected chi connectivity index (χ1v) is 6.18. The lowest BCUT2D eigenvalue weighted by molar-refractivity contribution is -0.149. The summed E-state index contributed by atoms with van der Waals surface area (Å²) in [6.07, 6.45) is 1.16. The molecule has 4 nitrogen and oxygen atoms in total. The van der Waals surface area contributed by atoms with E-state index >= 15 is 0 Å². The van der Waals surface area contributed by atoms with Crippen molar-refractivity contribution >= 4 is 33.4 Å². The van der Waals surface area contributed by atoms with E-state index in [0.717, 1.165) is 10.0 Å². The SMILES string of the molecule is CC(=O)OCC1C=C(c2ccccc2Br)C(=O)O1. The molecule has 0 aromatic heterocycles. The zero-order chi connectivity index (χ0) is 13.1. The molecule has 1 heterocycles. The van der Waals surface area contributed by atoms with Crippen molar-refractivity contribution in [3.63, 3.8) is 0 Å². The standard InChI is InChI=1S/C13H11BrO4/c1-8(15)17-7-9-6-11(13(16)18-9)10-4-2-3-5-12(10)14/h2-6,9H,7H2,1H3. The number of ether oxygens (including phenoxy) is 2. The van der Waals surface area contributed by atoms with Gasteiger partial charge in [0.05, 0.1) is 5.57 Å². The molecule has 18 heavy (non-hydrogen) atoms. The highest BCUT2D eigenvalue weighted by Gasteiger charge is 2.28. The molecule has 1 aliphatic rings. The summed E-state index contributed by atoms with van der Waals surface area (Å²) in [6, 6.07) is 7.38. The molecular weight excluding hydrogens is 300 g/mol. The predicted molar refractivity (Wildman–Crippen MR) is 68.6 cm³/mol. The van der Waals surface area contributed by atoms with Crippen LogP contribution in [0.3, 0.4) is 0 Å². The number of carbonyl (C=O) groups is 2. The molecule has 1 aromatic carbocycles. The van der Waals surface area contributed by atoms with Crippen molar-refractivity contribution in [2.24, 2.45) is 0 Å². The highest BCUT2D eigenvalue weighted by Crippen LogP contribution is 2.29. The summed E-state index contributed by atoms with van der Waals surface area (Å²) < 4.78 is 10.7. The lowest BCUT2D eigenvalue weighted by Gasteiger charge is -2.07. The van der Waals surface area contributed by atoms with Gasteiger partial charge in [0, 0.05) is 17.0 Å². The Morgan fingerprint density at radius 3 is 2.83 bits per heavy atom. The number of benzene rings is 1. The topological polar surface area (TPSA) is 52.6 Å². The number of rotatable bonds is 3. The predicted octanol–water partition coefficient (Wildman–Crippen LogP) is 2.32. The summed E-state index contributed by atoms with van der Waals surface area (Å²) in [5, 5.41) is 0. The Balaban J connectivity index is 2.18. The van der Waals surface area contributed by atoms with Gasteiger partial charge in [-0.3, -0.25) is 4.79 Å². The Kier molecular flexibility index (Phi) is 3.81. The van der Waals surface area contributed by atoms with E-state index in [1.807, 2.05) is 24.3 Å². The summed E-state index contributed by atoms with van der Waals surface area (Å²) >= 11 is 3.38. The molecule has 0 saturated heterocycles. The number of esters is 2. The maximum atomic E-state index is 11.7. The van der Waals surface area contributed by atoms with Crippen LogP contribution in [-0.4, -0.2) is 24.6 Å². The summed E-state index contributed by atoms with van der Waals surface area (Å²) in [5.74, 6) is -0.798. The van der Waals surface area contributed by atoms with Crippen LogP contribution in [0.25, 0.3) is 5.57 Å². The van der Waals surface area contributed by atoms with E-state index in [4.69, 9.17) is 9.47 Å². The normalized spacial score (nSPS) is 18.2. The second kappa shape index (κ2) is 5.35. The highest BCUT2D eigenvalue weighted by atomic mass is 79.9. The minimum Gasteiger partial charge on any atom is -0.462 e. The van der Waals surface area contributed by atoms with Gasteiger partial charge in [-0.25, -0.2) is 4.79 Å². The molecule has 1 unspecified atom stereocenters. The van der Waals surface area contributed by atoms with Gasteiger partial charge in [0.25, 0.3) is 0 Å². The summed E-state index contributed by atoms with van der Waals surface area (Å²) in [7, 11) is 0. The largest absolute Gasteiger partial charge is 0.462 e. The van der Waals surface area contributed by atoms with E-state index in [9.17, 15) is 9.59 Å². The Bertz CT molecular complexity index is 521. The summed E-state index contributed by atoms with van der Waals surface area (Å²) in [6.45, 7) is 1.37. The lowest BCUT2D eigenvalue weighted by Crippen LogP contribution is -2.17. The van der Waals surface area contributed by atoms with Crippen molar-refractivity contribution in [3.05, 3.63) is 40.4 Å². The first kappa shape index (κ1) is 12.8. The molecule has 0 N–H and O–H groups in total. The van der Waals surface area contributed by atoms with Gasteiger partial charge >= 0.3 is 11.9 Å². The monoisotopic (exact) mass is 310 g/mol. The molecule has 2 rings (SSSR count). The summed E-state index contributed by atoms with van der Waals surface area (Å²) in [5.41, 5.74) is 1.26. The maximum Gasteiger partial charge on any atom is 0.339 e. The van der Waals surface area contributed by atoms with Gasteiger partial charge in [0.2, 0.25) is 0 Å². The molecule has 5 heteroatoms. The second-order valence-electron chi connectivity index (χ2n) is 3.81. The Labute approximate surface area is 113 Å². The zero-order valence-electron chi connectivity index (χ0n) is 9.68. The average Bonchev–Trinajstić information content (AvgIpc) is 2.69. The van der Waals surface area contributed by atoms with E-state index in [2.05, 4.69) is 15.9 Å². The second-order valence-corrected chi connectivity index (χ2v) is 4.66. The molecule has 0 radical (unpaired) electrons. The van der Waals surface area contributed by atoms with Gasteiger partial charge in [0.1, 0.15) is 6.61 Å². The number of halogens is 1. The molecule has 1 aromatic rings. The van der Waals surface area contributed by atoms with Crippen molar-refractivity contribution < 1.29 is 19.1 Å². The van der Waals surface area contributed by atoms with E-state index in [1.54, 1.807) is 6.08 Å². The molecular formula is C13H11BrO4. The van der Waals surface area contributed by atoms with Crippen LogP contribution in [0.4, 0.5) is 0 Å². The zero-order valence-corrected chi connectivity index (χ0v) is 11.3. The van der Waals surface area contributed by atoms with E-state index in [0.29, 0.717) is 5.57 Å². The fourth-order valence-corrected chi connectivity index (χ4v) is 2.15. The number of cyclic esters (lactones) is 1. The van der Waals surface area contributed by atoms with Crippen molar-refractivity contribution in [1.29, 1.82) is 0 Å². The van der Waals surface area contributed by atoms with Crippen LogP contribution in [0.5, 0.6) is 0 Å². The fourth-order valence-electron chi connectivity index (χ4n) is 1.65. The number of hydrogen-bond acceptors (Lipinski definition) is 4. The Morgan fingerprint density at radius 2 is 2.17 bits per heavy atom. The molecule has 0 fully saturated rings. The van der Waals surface area contributed by atoms with Crippen LogP contribution in [0.1, 0.15) is 12.5 Å². The summed E-state index contributed by atoms with van der Waals surface area (Å²) in [4.78, 5) is 22.4. The van der Waals surface area contributed by atoms with E-state index in [-0.39, 0.29) is 6.61 Å². The molecule has 1 atom stereocenters. The maximum absolute atomic E-state index is 11.7. The molecule has 0 bridgehead atoms. The van der Waals surface area contributed by atoms with Crippen molar-refractivity contribution in [2.75, 3.05) is 6.61 Å². The molecule has 94 valence electrons. The third-order valence-electron chi connectivity index (χ3n) is 2.45. The van der Waals surface area contributed by atoms with Crippen LogP contribution in [-0.2, 0) is 19.1 Å². The van der Waals surface area contributed by atoms with Crippen LogP contribution in [0.15, 0.2) is 34.8 Å². The third kappa shape index (κ3) is 2.79. The molecule has 0 spiro atoms. The molecule has 0 aliphatic carbocycles. The fraction of sp³-hybridized carbons (Fsp3) is 0.231. The smallest absolute Gasteiger partial charge is 0.339 e. The Morgan fingerprint density at radius 1 is 1.44 bits per heavy atom. The first-order valence-electron chi connectivity index (χ1n) is 5.39. The lowest BCUT2D eigenvalue weighted by atomic mass is 10.1. The minimum absolute atomic E-state index is 0.0506. The molecule has 1 aliphatic heterocycles. The van der Waals surface area contributed by atoms with Gasteiger partial charge in [-0.1, -0.05) is 34.1 Å². The Hall–Kier alpha value is -1.62.